The summed E-state index contributed by atoms with van der Waals surface area (Å²) in [6.07, 6.45) is 0. The number of rotatable bonds is 2. The Labute approximate surface area is 69.5 Å². The van der Waals surface area contributed by atoms with Gasteiger partial charge in [-0.15, -0.1) is 0 Å². The number of hydrogen-bond donors (Lipinski definition) is 2. The van der Waals surface area contributed by atoms with Crippen molar-refractivity contribution < 1.29 is 14.7 Å². The Balaban J connectivity index is 2.88. The Morgan fingerprint density at radius 2 is 2.25 bits per heavy atom. The summed E-state index contributed by atoms with van der Waals surface area (Å²) < 4.78 is 0. The molecule has 0 aromatic rings. The van der Waals surface area contributed by atoms with E-state index in [-0.39, 0.29) is 17.5 Å². The minimum Gasteiger partial charge on any atom is -0.477 e. The minimum atomic E-state index is -1.13. The van der Waals surface area contributed by atoms with Gasteiger partial charge in [0, 0.05) is 0 Å². The van der Waals surface area contributed by atoms with Crippen LogP contribution >= 0.6 is 0 Å². The van der Waals surface area contributed by atoms with Crippen LogP contribution in [0.1, 0.15) is 13.8 Å². The van der Waals surface area contributed by atoms with Crippen LogP contribution in [0, 0.1) is 11.8 Å². The van der Waals surface area contributed by atoms with Crippen LogP contribution < -0.4 is 5.43 Å². The predicted octanol–water partition coefficient (Wildman–Crippen LogP) is -0.171. The van der Waals surface area contributed by atoms with Gasteiger partial charge in [0.2, 0.25) is 5.91 Å². The summed E-state index contributed by atoms with van der Waals surface area (Å²) in [5.74, 6) is -2.11. The maximum Gasteiger partial charge on any atom is 0.352 e. The zero-order chi connectivity index (χ0) is 9.30. The number of nitrogens with zero attached hydrogens (tertiary/aromatic N) is 1. The first-order valence-corrected chi connectivity index (χ1v) is 3.64. The Morgan fingerprint density at radius 3 is 2.58 bits per heavy atom. The molecule has 0 aliphatic carbocycles. The Hall–Kier alpha value is -1.39. The molecule has 1 aliphatic rings. The fourth-order valence-corrected chi connectivity index (χ4v) is 1.18. The quantitative estimate of drug-likeness (QED) is 0.603. The molecule has 1 rings (SSSR count). The van der Waals surface area contributed by atoms with Gasteiger partial charge in [-0.2, -0.15) is 5.10 Å². The Morgan fingerprint density at radius 1 is 1.67 bits per heavy atom. The zero-order valence-electron chi connectivity index (χ0n) is 6.87. The molecular formula is C7H10N2O3. The van der Waals surface area contributed by atoms with Gasteiger partial charge >= 0.3 is 5.97 Å². The van der Waals surface area contributed by atoms with Crippen molar-refractivity contribution in [2.24, 2.45) is 16.9 Å². The van der Waals surface area contributed by atoms with E-state index in [1.54, 1.807) is 13.8 Å². The molecular weight excluding hydrogens is 160 g/mol. The van der Waals surface area contributed by atoms with Crippen LogP contribution in [0.15, 0.2) is 5.10 Å². The normalized spacial score (nSPS) is 22.4. The van der Waals surface area contributed by atoms with Crippen LogP contribution in [-0.2, 0) is 9.59 Å². The molecule has 0 bridgehead atoms. The smallest absolute Gasteiger partial charge is 0.352 e. The van der Waals surface area contributed by atoms with E-state index in [4.69, 9.17) is 5.11 Å². The van der Waals surface area contributed by atoms with Gasteiger partial charge < -0.3 is 5.11 Å². The first-order chi connectivity index (χ1) is 5.54. The number of hydrazone groups is 1. The summed E-state index contributed by atoms with van der Waals surface area (Å²) in [6, 6.07) is 0. The highest BCUT2D eigenvalue weighted by molar-refractivity contribution is 6.41. The molecule has 0 aromatic carbocycles. The first-order valence-electron chi connectivity index (χ1n) is 3.64. The van der Waals surface area contributed by atoms with Crippen LogP contribution in [0.3, 0.4) is 0 Å². The summed E-state index contributed by atoms with van der Waals surface area (Å²) in [5.41, 5.74) is 2.06. The number of amides is 1. The number of hydrogen-bond acceptors (Lipinski definition) is 3. The van der Waals surface area contributed by atoms with E-state index in [1.165, 1.54) is 0 Å². The van der Waals surface area contributed by atoms with Crippen molar-refractivity contribution in [3.05, 3.63) is 0 Å². The maximum absolute atomic E-state index is 11.0. The molecule has 2 N–H and O–H groups in total. The van der Waals surface area contributed by atoms with Crippen molar-refractivity contribution in [1.29, 1.82) is 0 Å². The van der Waals surface area contributed by atoms with Crippen molar-refractivity contribution in [2.45, 2.75) is 13.8 Å². The van der Waals surface area contributed by atoms with Crippen molar-refractivity contribution in [2.75, 3.05) is 0 Å². The number of aliphatic carboxylic acids is 1. The molecule has 5 nitrogen and oxygen atoms in total. The van der Waals surface area contributed by atoms with E-state index < -0.39 is 11.9 Å². The van der Waals surface area contributed by atoms with Gasteiger partial charge in [0.25, 0.3) is 0 Å². The molecule has 12 heavy (non-hydrogen) atoms. The van der Waals surface area contributed by atoms with Gasteiger partial charge in [-0.3, -0.25) is 4.79 Å². The van der Waals surface area contributed by atoms with E-state index in [0.717, 1.165) is 0 Å². The largest absolute Gasteiger partial charge is 0.477 e. The summed E-state index contributed by atoms with van der Waals surface area (Å²) in [5, 5.41) is 12.1. The number of carbonyl (C=O) groups is 2. The van der Waals surface area contributed by atoms with Gasteiger partial charge in [0.05, 0.1) is 5.92 Å². The van der Waals surface area contributed by atoms with E-state index in [1.807, 2.05) is 0 Å². The lowest BCUT2D eigenvalue weighted by Gasteiger charge is -2.10. The van der Waals surface area contributed by atoms with Crippen LogP contribution in [0.25, 0.3) is 0 Å². The lowest BCUT2D eigenvalue weighted by molar-refractivity contribution is -0.131. The molecule has 0 saturated carbocycles. The van der Waals surface area contributed by atoms with Gasteiger partial charge in [0.1, 0.15) is 0 Å². The molecule has 66 valence electrons. The van der Waals surface area contributed by atoms with Crippen molar-refractivity contribution in [3.63, 3.8) is 0 Å². The van der Waals surface area contributed by atoms with E-state index >= 15 is 0 Å². The molecule has 0 radical (unpaired) electrons. The molecule has 0 aromatic heterocycles. The highest BCUT2D eigenvalue weighted by Gasteiger charge is 2.36. The average molecular weight is 170 g/mol. The van der Waals surface area contributed by atoms with Gasteiger partial charge in [-0.1, -0.05) is 13.8 Å². The van der Waals surface area contributed by atoms with Gasteiger partial charge in [-0.05, 0) is 5.92 Å². The van der Waals surface area contributed by atoms with E-state index in [0.29, 0.717) is 0 Å². The number of carboxylic acid groups (broad SMARTS) is 1. The summed E-state index contributed by atoms with van der Waals surface area (Å²) >= 11 is 0. The van der Waals surface area contributed by atoms with Crippen LogP contribution in [0.5, 0.6) is 0 Å². The molecule has 0 saturated heterocycles. The highest BCUT2D eigenvalue weighted by Crippen LogP contribution is 2.17. The average Bonchev–Trinajstić information content (AvgIpc) is 2.30. The van der Waals surface area contributed by atoms with Crippen molar-refractivity contribution in [1.82, 2.24) is 5.43 Å². The molecule has 0 spiro atoms. The van der Waals surface area contributed by atoms with E-state index in [2.05, 4.69) is 10.5 Å². The zero-order valence-corrected chi connectivity index (χ0v) is 6.87. The SMILES string of the molecule is CC(C)C1C(=O)NN=C1C(=O)O. The first kappa shape index (κ1) is 8.70. The lowest BCUT2D eigenvalue weighted by Crippen LogP contribution is -2.31. The molecule has 1 atom stereocenters. The molecule has 1 amide bonds. The molecule has 1 heterocycles. The third-order valence-corrected chi connectivity index (χ3v) is 1.75. The number of nitrogens with one attached hydrogen (secondary N) is 1. The fraction of sp³-hybridized carbons (Fsp3) is 0.571. The second kappa shape index (κ2) is 2.92. The van der Waals surface area contributed by atoms with Crippen molar-refractivity contribution >= 4 is 17.6 Å². The Bertz CT molecular complexity index is 257. The molecule has 1 aliphatic heterocycles. The third kappa shape index (κ3) is 1.30. The predicted molar refractivity (Wildman–Crippen MR) is 41.5 cm³/mol. The highest BCUT2D eigenvalue weighted by atomic mass is 16.4. The standard InChI is InChI=1S/C7H10N2O3/c1-3(2)4-5(7(11)12)8-9-6(4)10/h3-4H,1-2H3,(H,9,10)(H,11,12). The monoisotopic (exact) mass is 170 g/mol. The van der Waals surface area contributed by atoms with Crippen LogP contribution in [-0.4, -0.2) is 22.7 Å². The lowest BCUT2D eigenvalue weighted by atomic mass is 9.91. The Kier molecular flexibility index (Phi) is 2.12. The van der Waals surface area contributed by atoms with Crippen LogP contribution in [0.4, 0.5) is 0 Å². The number of carbonyl (C=O) groups excluding carboxylic acids is 1. The fourth-order valence-electron chi connectivity index (χ4n) is 1.18. The number of carboxylic acids is 1. The summed E-state index contributed by atoms with van der Waals surface area (Å²) in [4.78, 5) is 21.6. The third-order valence-electron chi connectivity index (χ3n) is 1.75. The van der Waals surface area contributed by atoms with E-state index in [9.17, 15) is 9.59 Å². The topological polar surface area (TPSA) is 78.8 Å². The van der Waals surface area contributed by atoms with Crippen LogP contribution in [0.2, 0.25) is 0 Å². The van der Waals surface area contributed by atoms with Gasteiger partial charge in [-0.25, -0.2) is 10.2 Å². The minimum absolute atomic E-state index is 0.0395. The second-order valence-corrected chi connectivity index (χ2v) is 3.00. The second-order valence-electron chi connectivity index (χ2n) is 3.00. The molecule has 5 heteroatoms. The summed E-state index contributed by atoms with van der Waals surface area (Å²) in [7, 11) is 0. The van der Waals surface area contributed by atoms with Gasteiger partial charge in [0.15, 0.2) is 5.71 Å². The summed E-state index contributed by atoms with van der Waals surface area (Å²) in [6.45, 7) is 3.57. The maximum atomic E-state index is 11.0. The molecule has 1 unspecified atom stereocenters. The molecule has 0 fully saturated rings. The van der Waals surface area contributed by atoms with Crippen molar-refractivity contribution in [3.8, 4) is 0 Å².